The summed E-state index contributed by atoms with van der Waals surface area (Å²) in [6, 6.07) is 7.83. The first-order valence-electron chi connectivity index (χ1n) is 8.49. The third-order valence-corrected chi connectivity index (χ3v) is 6.02. The zero-order chi connectivity index (χ0) is 16.2. The van der Waals surface area contributed by atoms with Crippen molar-refractivity contribution in [3.8, 4) is 0 Å². The van der Waals surface area contributed by atoms with Crippen LogP contribution in [-0.4, -0.2) is 35.8 Å². The van der Waals surface area contributed by atoms with Crippen molar-refractivity contribution in [3.05, 3.63) is 33.4 Å². The molecular weight excluding hydrogens is 403 g/mol. The Balaban J connectivity index is 1.56. The van der Waals surface area contributed by atoms with Crippen molar-refractivity contribution in [2.75, 3.05) is 13.1 Å². The fraction of sp³-hybridized carbons (Fsp3) is 0.556. The van der Waals surface area contributed by atoms with E-state index in [1.807, 2.05) is 23.1 Å². The molecule has 124 valence electrons. The number of hydrogen-bond acceptors (Lipinski definition) is 2. The summed E-state index contributed by atoms with van der Waals surface area (Å²) in [5.41, 5.74) is 0.634. The van der Waals surface area contributed by atoms with Crippen molar-refractivity contribution in [2.24, 2.45) is 5.92 Å². The van der Waals surface area contributed by atoms with Gasteiger partial charge in [0.25, 0.3) is 5.91 Å². The summed E-state index contributed by atoms with van der Waals surface area (Å²) in [5, 5.41) is 2.79. The maximum absolute atomic E-state index is 12.5. The second kappa shape index (κ2) is 7.64. The fourth-order valence-corrected chi connectivity index (χ4v) is 4.56. The van der Waals surface area contributed by atoms with Gasteiger partial charge >= 0.3 is 0 Å². The van der Waals surface area contributed by atoms with Crippen molar-refractivity contribution < 1.29 is 9.59 Å². The van der Waals surface area contributed by atoms with E-state index in [1.54, 1.807) is 6.07 Å². The van der Waals surface area contributed by atoms with Crippen LogP contribution in [0.25, 0.3) is 0 Å². The second-order valence-electron chi connectivity index (χ2n) is 6.50. The molecule has 1 saturated carbocycles. The van der Waals surface area contributed by atoms with Gasteiger partial charge in [-0.05, 0) is 66.3 Å². The Morgan fingerprint density at radius 1 is 1.13 bits per heavy atom. The van der Waals surface area contributed by atoms with Gasteiger partial charge in [0, 0.05) is 16.2 Å². The molecule has 0 radical (unpaired) electrons. The van der Waals surface area contributed by atoms with Gasteiger partial charge in [0.05, 0.1) is 12.1 Å². The fourth-order valence-electron chi connectivity index (χ4n) is 3.93. The maximum Gasteiger partial charge on any atom is 0.252 e. The van der Waals surface area contributed by atoms with Crippen LogP contribution in [0.15, 0.2) is 24.3 Å². The van der Waals surface area contributed by atoms with Gasteiger partial charge in [-0.15, -0.1) is 0 Å². The predicted octanol–water partition coefficient (Wildman–Crippen LogP) is 3.20. The molecule has 5 heteroatoms. The lowest BCUT2D eigenvalue weighted by Crippen LogP contribution is -2.44. The Bertz CT molecular complexity index is 584. The number of rotatable bonds is 4. The molecule has 0 aromatic heterocycles. The van der Waals surface area contributed by atoms with Gasteiger partial charge < -0.3 is 10.2 Å². The number of amides is 2. The minimum atomic E-state index is -0.167. The number of nitrogens with one attached hydrogen (secondary N) is 1. The first-order chi connectivity index (χ1) is 11.2. The molecule has 1 heterocycles. The van der Waals surface area contributed by atoms with E-state index >= 15 is 0 Å². The van der Waals surface area contributed by atoms with Gasteiger partial charge in [-0.1, -0.05) is 25.0 Å². The van der Waals surface area contributed by atoms with Crippen LogP contribution >= 0.6 is 22.6 Å². The lowest BCUT2D eigenvalue weighted by Gasteiger charge is -2.29. The lowest BCUT2D eigenvalue weighted by molar-refractivity contribution is -0.131. The Hall–Kier alpha value is -1.11. The van der Waals surface area contributed by atoms with Gasteiger partial charge in [-0.2, -0.15) is 0 Å². The van der Waals surface area contributed by atoms with E-state index in [9.17, 15) is 9.59 Å². The molecule has 4 nitrogen and oxygen atoms in total. The van der Waals surface area contributed by atoms with Gasteiger partial charge in [0.15, 0.2) is 0 Å². The Labute approximate surface area is 151 Å². The number of benzene rings is 1. The number of likely N-dealkylation sites (tertiary alicyclic amines) is 1. The summed E-state index contributed by atoms with van der Waals surface area (Å²) in [7, 11) is 0. The molecule has 2 aliphatic rings. The molecule has 1 N–H and O–H groups in total. The number of hydrogen-bond donors (Lipinski definition) is 1. The highest BCUT2D eigenvalue weighted by Crippen LogP contribution is 2.35. The molecule has 1 saturated heterocycles. The van der Waals surface area contributed by atoms with E-state index in [2.05, 4.69) is 27.9 Å². The quantitative estimate of drug-likeness (QED) is 0.752. The van der Waals surface area contributed by atoms with Crippen LogP contribution in [0.1, 0.15) is 48.9 Å². The zero-order valence-electron chi connectivity index (χ0n) is 13.3. The highest BCUT2D eigenvalue weighted by Gasteiger charge is 2.35. The van der Waals surface area contributed by atoms with Gasteiger partial charge in [0.1, 0.15) is 0 Å². The van der Waals surface area contributed by atoms with E-state index in [1.165, 1.54) is 25.7 Å². The first-order valence-corrected chi connectivity index (χ1v) is 9.57. The largest absolute Gasteiger partial charge is 0.343 e. The number of nitrogens with zero attached hydrogens (tertiary/aromatic N) is 1. The molecule has 2 fully saturated rings. The van der Waals surface area contributed by atoms with E-state index < -0.39 is 0 Å². The maximum atomic E-state index is 12.5. The molecule has 1 aliphatic carbocycles. The van der Waals surface area contributed by atoms with Crippen LogP contribution in [0.5, 0.6) is 0 Å². The average molecular weight is 426 g/mol. The highest BCUT2D eigenvalue weighted by molar-refractivity contribution is 14.1. The first kappa shape index (κ1) is 16.7. The van der Waals surface area contributed by atoms with Crippen molar-refractivity contribution in [3.63, 3.8) is 0 Å². The Kier molecular flexibility index (Phi) is 5.56. The highest BCUT2D eigenvalue weighted by atomic mass is 127. The van der Waals surface area contributed by atoms with Gasteiger partial charge in [-0.3, -0.25) is 9.59 Å². The standard InChI is InChI=1S/C18H23IN2O2/c19-15-9-4-3-8-14(15)18(23)20-12-17(22)21-11-5-10-16(21)13-6-1-2-7-13/h3-4,8-9,13,16H,1-2,5-7,10-12H2,(H,20,23). The topological polar surface area (TPSA) is 49.4 Å². The monoisotopic (exact) mass is 426 g/mol. The molecule has 2 amide bonds. The second-order valence-corrected chi connectivity index (χ2v) is 7.67. The SMILES string of the molecule is O=C(NCC(=O)N1CCCC1C1CCCC1)c1ccccc1I. The molecule has 1 aromatic rings. The van der Waals surface area contributed by atoms with E-state index in [0.717, 1.165) is 23.0 Å². The third kappa shape index (κ3) is 3.87. The normalized spacial score (nSPS) is 21.6. The summed E-state index contributed by atoms with van der Waals surface area (Å²) in [6.45, 7) is 0.950. The Morgan fingerprint density at radius 3 is 2.61 bits per heavy atom. The molecule has 0 spiro atoms. The van der Waals surface area contributed by atoms with Crippen LogP contribution < -0.4 is 5.32 Å². The van der Waals surface area contributed by atoms with Crippen LogP contribution in [0, 0.1) is 9.49 Å². The summed E-state index contributed by atoms with van der Waals surface area (Å²) >= 11 is 2.14. The number of carbonyl (C=O) groups is 2. The summed E-state index contributed by atoms with van der Waals surface area (Å²) in [5.74, 6) is 0.575. The van der Waals surface area contributed by atoms with E-state index in [0.29, 0.717) is 17.5 Å². The summed E-state index contributed by atoms with van der Waals surface area (Å²) < 4.78 is 0.903. The van der Waals surface area contributed by atoms with Crippen molar-refractivity contribution >= 4 is 34.4 Å². The Morgan fingerprint density at radius 2 is 1.87 bits per heavy atom. The van der Waals surface area contributed by atoms with Crippen LogP contribution in [-0.2, 0) is 4.79 Å². The summed E-state index contributed by atoms with van der Waals surface area (Å²) in [6.07, 6.45) is 7.32. The van der Waals surface area contributed by atoms with Crippen molar-refractivity contribution in [2.45, 2.75) is 44.6 Å². The van der Waals surface area contributed by atoms with E-state index in [4.69, 9.17) is 0 Å². The smallest absolute Gasteiger partial charge is 0.252 e. The van der Waals surface area contributed by atoms with E-state index in [-0.39, 0.29) is 18.4 Å². The lowest BCUT2D eigenvalue weighted by atomic mass is 9.96. The molecule has 1 atom stereocenters. The molecule has 1 unspecified atom stereocenters. The minimum Gasteiger partial charge on any atom is -0.343 e. The molecular formula is C18H23IN2O2. The van der Waals surface area contributed by atoms with Crippen LogP contribution in [0.2, 0.25) is 0 Å². The predicted molar refractivity (Wildman–Crippen MR) is 98.2 cm³/mol. The van der Waals surface area contributed by atoms with Crippen molar-refractivity contribution in [1.29, 1.82) is 0 Å². The van der Waals surface area contributed by atoms with Crippen molar-refractivity contribution in [1.82, 2.24) is 10.2 Å². The summed E-state index contributed by atoms with van der Waals surface area (Å²) in [4.78, 5) is 26.8. The zero-order valence-corrected chi connectivity index (χ0v) is 15.4. The molecule has 1 aromatic carbocycles. The number of halogens is 1. The van der Waals surface area contributed by atoms with Crippen LogP contribution in [0.4, 0.5) is 0 Å². The molecule has 0 bridgehead atoms. The van der Waals surface area contributed by atoms with Crippen LogP contribution in [0.3, 0.4) is 0 Å². The van der Waals surface area contributed by atoms with Gasteiger partial charge in [0.2, 0.25) is 5.91 Å². The molecule has 23 heavy (non-hydrogen) atoms. The van der Waals surface area contributed by atoms with Gasteiger partial charge in [-0.25, -0.2) is 0 Å². The minimum absolute atomic E-state index is 0.0682. The molecule has 1 aliphatic heterocycles. The molecule has 3 rings (SSSR count). The average Bonchev–Trinajstić information content (AvgIpc) is 3.23. The third-order valence-electron chi connectivity index (χ3n) is 5.08. The number of carbonyl (C=O) groups excluding carboxylic acids is 2.